The van der Waals surface area contributed by atoms with E-state index >= 15 is 0 Å². The molecule has 0 radical (unpaired) electrons. The maximum absolute atomic E-state index is 5.42. The van der Waals surface area contributed by atoms with Gasteiger partial charge in [0.1, 0.15) is 0 Å². The Morgan fingerprint density at radius 3 is 2.84 bits per heavy atom. The summed E-state index contributed by atoms with van der Waals surface area (Å²) < 4.78 is 6.47. The van der Waals surface area contributed by atoms with Crippen molar-refractivity contribution in [2.24, 2.45) is 5.92 Å². The third-order valence-electron chi connectivity index (χ3n) is 3.58. The minimum absolute atomic E-state index is 0.186. The Hall–Kier alpha value is -1.20. The molecule has 1 N–H and O–H groups in total. The minimum atomic E-state index is 0.186. The lowest BCUT2D eigenvalue weighted by Crippen LogP contribution is -2.33. The fourth-order valence-corrected chi connectivity index (χ4v) is 2.72. The number of aromatic nitrogens is 2. The first-order valence-electron chi connectivity index (χ1n) is 6.57. The Morgan fingerprint density at radius 2 is 2.11 bits per heavy atom. The molecule has 2 unspecified atom stereocenters. The summed E-state index contributed by atoms with van der Waals surface area (Å²) in [6.07, 6.45) is 2.42. The highest BCUT2D eigenvalue weighted by Crippen LogP contribution is 2.29. The van der Waals surface area contributed by atoms with Crippen LogP contribution >= 0.6 is 15.9 Å². The summed E-state index contributed by atoms with van der Waals surface area (Å²) in [4.78, 5) is 4.53. The van der Waals surface area contributed by atoms with Crippen LogP contribution in [0.4, 0.5) is 0 Å². The molecule has 3 rings (SSSR count). The number of hydrogen-bond acceptors (Lipinski definition) is 4. The summed E-state index contributed by atoms with van der Waals surface area (Å²) in [6, 6.07) is 8.11. The molecule has 19 heavy (non-hydrogen) atoms. The number of nitrogens with zero attached hydrogens (tertiary/aromatic N) is 2. The third-order valence-corrected chi connectivity index (χ3v) is 4.11. The van der Waals surface area contributed by atoms with Crippen LogP contribution in [0.3, 0.4) is 0 Å². The van der Waals surface area contributed by atoms with E-state index < -0.39 is 0 Å². The van der Waals surface area contributed by atoms with Gasteiger partial charge in [-0.05, 0) is 49.6 Å². The van der Waals surface area contributed by atoms with Gasteiger partial charge < -0.3 is 9.84 Å². The largest absolute Gasteiger partial charge is 0.337 e. The first-order chi connectivity index (χ1) is 9.24. The van der Waals surface area contributed by atoms with Gasteiger partial charge in [-0.2, -0.15) is 4.98 Å². The van der Waals surface area contributed by atoms with Crippen LogP contribution in [0.15, 0.2) is 33.3 Å². The third kappa shape index (κ3) is 2.72. The molecule has 5 heteroatoms. The Labute approximate surface area is 120 Å². The van der Waals surface area contributed by atoms with E-state index in [9.17, 15) is 0 Å². The van der Waals surface area contributed by atoms with E-state index in [2.05, 4.69) is 38.3 Å². The zero-order valence-electron chi connectivity index (χ0n) is 10.8. The Balaban J connectivity index is 1.84. The average Bonchev–Trinajstić information content (AvgIpc) is 2.89. The number of halogens is 1. The first-order valence-corrected chi connectivity index (χ1v) is 7.36. The number of piperidine rings is 1. The van der Waals surface area contributed by atoms with Crippen LogP contribution in [0.5, 0.6) is 0 Å². The molecule has 1 aliphatic rings. The smallest absolute Gasteiger partial charge is 0.244 e. The van der Waals surface area contributed by atoms with Crippen LogP contribution in [0.25, 0.3) is 11.4 Å². The minimum Gasteiger partial charge on any atom is -0.337 e. The summed E-state index contributed by atoms with van der Waals surface area (Å²) in [7, 11) is 0. The summed E-state index contributed by atoms with van der Waals surface area (Å²) in [6.45, 7) is 3.24. The van der Waals surface area contributed by atoms with Gasteiger partial charge in [-0.1, -0.05) is 28.0 Å². The number of rotatable bonds is 2. The number of nitrogens with one attached hydrogen (secondary N) is 1. The van der Waals surface area contributed by atoms with Crippen molar-refractivity contribution < 1.29 is 4.52 Å². The summed E-state index contributed by atoms with van der Waals surface area (Å²) in [5.41, 5.74) is 0.974. The molecule has 1 fully saturated rings. The molecule has 0 saturated carbocycles. The second-order valence-corrected chi connectivity index (χ2v) is 5.93. The monoisotopic (exact) mass is 321 g/mol. The van der Waals surface area contributed by atoms with Crippen molar-refractivity contribution >= 4 is 15.9 Å². The molecule has 1 aromatic carbocycles. The van der Waals surface area contributed by atoms with E-state index in [1.165, 1.54) is 12.8 Å². The van der Waals surface area contributed by atoms with Crippen LogP contribution in [0.2, 0.25) is 0 Å². The number of hydrogen-bond donors (Lipinski definition) is 1. The number of benzene rings is 1. The van der Waals surface area contributed by atoms with Crippen molar-refractivity contribution in [1.29, 1.82) is 0 Å². The predicted octanol–water partition coefficient (Wildman–Crippen LogP) is 3.56. The van der Waals surface area contributed by atoms with Gasteiger partial charge >= 0.3 is 0 Å². The molecule has 0 aliphatic carbocycles. The van der Waals surface area contributed by atoms with Gasteiger partial charge in [-0.15, -0.1) is 0 Å². The second-order valence-electron chi connectivity index (χ2n) is 5.01. The van der Waals surface area contributed by atoms with Crippen molar-refractivity contribution in [1.82, 2.24) is 15.5 Å². The van der Waals surface area contributed by atoms with E-state index in [0.29, 0.717) is 17.6 Å². The van der Waals surface area contributed by atoms with Gasteiger partial charge in [0.15, 0.2) is 0 Å². The van der Waals surface area contributed by atoms with Gasteiger partial charge in [-0.25, -0.2) is 0 Å². The zero-order chi connectivity index (χ0) is 13.2. The van der Waals surface area contributed by atoms with E-state index in [1.807, 2.05) is 24.3 Å². The van der Waals surface area contributed by atoms with E-state index in [-0.39, 0.29) is 6.04 Å². The van der Waals surface area contributed by atoms with Gasteiger partial charge in [-0.3, -0.25) is 0 Å². The maximum atomic E-state index is 5.42. The van der Waals surface area contributed by atoms with Gasteiger partial charge in [0, 0.05) is 10.0 Å². The van der Waals surface area contributed by atoms with Crippen LogP contribution in [0.1, 0.15) is 31.7 Å². The lowest BCUT2D eigenvalue weighted by atomic mass is 9.93. The summed E-state index contributed by atoms with van der Waals surface area (Å²) in [5.74, 6) is 1.89. The predicted molar refractivity (Wildman–Crippen MR) is 76.6 cm³/mol. The maximum Gasteiger partial charge on any atom is 0.244 e. The Morgan fingerprint density at radius 1 is 1.32 bits per heavy atom. The lowest BCUT2D eigenvalue weighted by molar-refractivity contribution is 0.239. The molecule has 100 valence electrons. The van der Waals surface area contributed by atoms with Gasteiger partial charge in [0.25, 0.3) is 0 Å². The molecule has 1 aromatic heterocycles. The second kappa shape index (κ2) is 5.43. The van der Waals surface area contributed by atoms with Crippen LogP contribution < -0.4 is 5.32 Å². The fraction of sp³-hybridized carbons (Fsp3) is 0.429. The Kier molecular flexibility index (Phi) is 3.66. The highest BCUT2D eigenvalue weighted by Gasteiger charge is 2.27. The molecule has 0 amide bonds. The van der Waals surface area contributed by atoms with Crippen LogP contribution in [0, 0.1) is 5.92 Å². The molecule has 2 aromatic rings. The topological polar surface area (TPSA) is 51.0 Å². The van der Waals surface area contributed by atoms with Crippen molar-refractivity contribution in [2.75, 3.05) is 6.54 Å². The summed E-state index contributed by atoms with van der Waals surface area (Å²) >= 11 is 3.42. The zero-order valence-corrected chi connectivity index (χ0v) is 12.4. The molecule has 0 bridgehead atoms. The molecule has 1 saturated heterocycles. The molecular weight excluding hydrogens is 306 g/mol. The molecular formula is C14H16BrN3O. The van der Waals surface area contributed by atoms with Crippen molar-refractivity contribution in [3.05, 3.63) is 34.6 Å². The molecule has 2 heterocycles. The van der Waals surface area contributed by atoms with Gasteiger partial charge in [0.2, 0.25) is 11.7 Å². The first kappa shape index (κ1) is 12.8. The van der Waals surface area contributed by atoms with E-state index in [4.69, 9.17) is 4.52 Å². The van der Waals surface area contributed by atoms with Crippen LogP contribution in [-0.4, -0.2) is 16.7 Å². The van der Waals surface area contributed by atoms with Crippen molar-refractivity contribution in [3.63, 3.8) is 0 Å². The SMILES string of the molecule is CC1CCCNC1c1nc(-c2ccc(Br)cc2)no1. The van der Waals surface area contributed by atoms with E-state index in [1.54, 1.807) is 0 Å². The standard InChI is InChI=1S/C14H16BrN3O/c1-9-3-2-8-16-12(9)14-17-13(18-19-14)10-4-6-11(15)7-5-10/h4-7,9,12,16H,2-3,8H2,1H3. The Bertz CT molecular complexity index is 552. The van der Waals surface area contributed by atoms with Crippen molar-refractivity contribution in [2.45, 2.75) is 25.8 Å². The van der Waals surface area contributed by atoms with E-state index in [0.717, 1.165) is 16.6 Å². The molecule has 1 aliphatic heterocycles. The molecule has 2 atom stereocenters. The quantitative estimate of drug-likeness (QED) is 0.918. The highest BCUT2D eigenvalue weighted by atomic mass is 79.9. The average molecular weight is 322 g/mol. The normalized spacial score (nSPS) is 23.5. The fourth-order valence-electron chi connectivity index (χ4n) is 2.46. The van der Waals surface area contributed by atoms with Crippen molar-refractivity contribution in [3.8, 4) is 11.4 Å². The lowest BCUT2D eigenvalue weighted by Gasteiger charge is -2.26. The van der Waals surface area contributed by atoms with Gasteiger partial charge in [0.05, 0.1) is 6.04 Å². The molecule has 0 spiro atoms. The molecule has 4 nitrogen and oxygen atoms in total. The highest BCUT2D eigenvalue weighted by molar-refractivity contribution is 9.10. The summed E-state index contributed by atoms with van der Waals surface area (Å²) in [5, 5.41) is 7.54. The van der Waals surface area contributed by atoms with Crippen LogP contribution in [-0.2, 0) is 0 Å².